The Bertz CT molecular complexity index is 619. The fraction of sp³-hybridized carbons (Fsp3) is 0. The van der Waals surface area contributed by atoms with E-state index in [2.05, 4.69) is 25.9 Å². The van der Waals surface area contributed by atoms with Crippen molar-refractivity contribution < 1.29 is 10.0 Å². The SMILES string of the molecule is N#CC(=CNc1cccc(B(O)O)c1)c1nn[nH]n1. The lowest BCUT2D eigenvalue weighted by Gasteiger charge is -2.04. The number of aromatic amines is 1. The first-order valence-corrected chi connectivity index (χ1v) is 5.27. The molecular formula is C10H9BN6O2. The average Bonchev–Trinajstić information content (AvgIpc) is 2.94. The molecule has 0 aliphatic carbocycles. The highest BCUT2D eigenvalue weighted by atomic mass is 16.4. The van der Waals surface area contributed by atoms with Gasteiger partial charge in [-0.3, -0.25) is 0 Å². The number of nitriles is 1. The van der Waals surface area contributed by atoms with Crippen molar-refractivity contribution in [2.75, 3.05) is 5.32 Å². The maximum absolute atomic E-state index is 9.05. The van der Waals surface area contributed by atoms with Gasteiger partial charge in [0.2, 0.25) is 5.82 Å². The summed E-state index contributed by atoms with van der Waals surface area (Å²) in [7, 11) is -1.54. The van der Waals surface area contributed by atoms with Crippen LogP contribution in [0.3, 0.4) is 0 Å². The van der Waals surface area contributed by atoms with E-state index in [1.165, 1.54) is 6.20 Å². The minimum atomic E-state index is -1.54. The van der Waals surface area contributed by atoms with E-state index in [1.54, 1.807) is 24.3 Å². The molecule has 0 saturated carbocycles. The zero-order chi connectivity index (χ0) is 13.7. The topological polar surface area (TPSA) is 131 Å². The molecule has 0 saturated heterocycles. The number of rotatable bonds is 4. The van der Waals surface area contributed by atoms with E-state index in [0.29, 0.717) is 11.2 Å². The van der Waals surface area contributed by atoms with Gasteiger partial charge in [0.15, 0.2) is 0 Å². The number of anilines is 1. The summed E-state index contributed by atoms with van der Waals surface area (Å²) >= 11 is 0. The van der Waals surface area contributed by atoms with Gasteiger partial charge < -0.3 is 15.4 Å². The van der Waals surface area contributed by atoms with E-state index in [4.69, 9.17) is 15.3 Å². The maximum Gasteiger partial charge on any atom is 0.488 e. The molecule has 94 valence electrons. The standard InChI is InChI=1S/C10H9BN6O2/c12-5-7(10-14-16-17-15-10)6-13-9-3-1-2-8(4-9)11(18)19/h1-4,6,13,18-19H,(H,14,15,16,17). The Hall–Kier alpha value is -2.70. The minimum absolute atomic E-state index is 0.174. The first-order chi connectivity index (χ1) is 9.20. The maximum atomic E-state index is 9.05. The normalized spacial score (nSPS) is 10.9. The summed E-state index contributed by atoms with van der Waals surface area (Å²) < 4.78 is 0. The molecule has 1 heterocycles. The van der Waals surface area contributed by atoms with Crippen molar-refractivity contribution in [3.05, 3.63) is 36.3 Å². The highest BCUT2D eigenvalue weighted by Gasteiger charge is 2.10. The Morgan fingerprint density at radius 3 is 2.95 bits per heavy atom. The summed E-state index contributed by atoms with van der Waals surface area (Å²) in [4.78, 5) is 0. The van der Waals surface area contributed by atoms with Crippen molar-refractivity contribution in [2.24, 2.45) is 0 Å². The average molecular weight is 256 g/mol. The number of hydrogen-bond donors (Lipinski definition) is 4. The molecule has 1 aromatic heterocycles. The molecule has 19 heavy (non-hydrogen) atoms. The van der Waals surface area contributed by atoms with Crippen molar-refractivity contribution >= 4 is 23.8 Å². The van der Waals surface area contributed by atoms with Crippen molar-refractivity contribution in [2.45, 2.75) is 0 Å². The number of nitrogens with zero attached hydrogens (tertiary/aromatic N) is 4. The zero-order valence-electron chi connectivity index (χ0n) is 9.65. The van der Waals surface area contributed by atoms with Crippen LogP contribution in [0, 0.1) is 11.3 Å². The van der Waals surface area contributed by atoms with Gasteiger partial charge in [-0.05, 0) is 22.8 Å². The molecule has 0 amide bonds. The number of allylic oxidation sites excluding steroid dienone is 1. The summed E-state index contributed by atoms with van der Waals surface area (Å²) in [6.07, 6.45) is 1.41. The molecule has 0 spiro atoms. The van der Waals surface area contributed by atoms with Crippen LogP contribution in [0.15, 0.2) is 30.5 Å². The van der Waals surface area contributed by atoms with Crippen LogP contribution in [0.2, 0.25) is 0 Å². The monoisotopic (exact) mass is 256 g/mol. The van der Waals surface area contributed by atoms with Crippen LogP contribution in [-0.4, -0.2) is 37.8 Å². The van der Waals surface area contributed by atoms with E-state index < -0.39 is 7.12 Å². The van der Waals surface area contributed by atoms with Crippen molar-refractivity contribution in [1.29, 1.82) is 5.26 Å². The Morgan fingerprint density at radius 1 is 1.47 bits per heavy atom. The Kier molecular flexibility index (Phi) is 3.87. The summed E-state index contributed by atoms with van der Waals surface area (Å²) in [6.45, 7) is 0. The number of H-pyrrole nitrogens is 1. The number of benzene rings is 1. The molecule has 2 rings (SSSR count). The Morgan fingerprint density at radius 2 is 2.32 bits per heavy atom. The number of aromatic nitrogens is 4. The molecule has 0 aliphatic rings. The van der Waals surface area contributed by atoms with Gasteiger partial charge in [-0.25, -0.2) is 0 Å². The van der Waals surface area contributed by atoms with E-state index >= 15 is 0 Å². The van der Waals surface area contributed by atoms with Gasteiger partial charge in [-0.1, -0.05) is 12.1 Å². The van der Waals surface area contributed by atoms with Crippen LogP contribution in [-0.2, 0) is 0 Å². The van der Waals surface area contributed by atoms with Gasteiger partial charge >= 0.3 is 7.12 Å². The Labute approximate surface area is 108 Å². The van der Waals surface area contributed by atoms with E-state index in [9.17, 15) is 0 Å². The molecule has 0 bridgehead atoms. The van der Waals surface area contributed by atoms with Crippen LogP contribution in [0.5, 0.6) is 0 Å². The number of tetrazole rings is 1. The molecule has 0 radical (unpaired) electrons. The van der Waals surface area contributed by atoms with Gasteiger partial charge in [-0.15, -0.1) is 10.2 Å². The second kappa shape index (κ2) is 5.77. The number of hydrogen-bond acceptors (Lipinski definition) is 7. The van der Waals surface area contributed by atoms with Crippen LogP contribution < -0.4 is 10.8 Å². The predicted molar refractivity (Wildman–Crippen MR) is 67.7 cm³/mol. The molecule has 4 N–H and O–H groups in total. The molecule has 0 unspecified atom stereocenters. The minimum Gasteiger partial charge on any atom is -0.423 e. The van der Waals surface area contributed by atoms with Crippen LogP contribution >= 0.6 is 0 Å². The third-order valence-corrected chi connectivity index (χ3v) is 2.27. The highest BCUT2D eigenvalue weighted by Crippen LogP contribution is 2.09. The van der Waals surface area contributed by atoms with Crippen LogP contribution in [0.4, 0.5) is 5.69 Å². The van der Waals surface area contributed by atoms with Crippen LogP contribution in [0.25, 0.3) is 5.57 Å². The van der Waals surface area contributed by atoms with Gasteiger partial charge in [0.05, 0.1) is 0 Å². The lowest BCUT2D eigenvalue weighted by molar-refractivity contribution is 0.426. The van der Waals surface area contributed by atoms with Crippen molar-refractivity contribution in [1.82, 2.24) is 20.6 Å². The molecule has 0 aliphatic heterocycles. The molecule has 8 nitrogen and oxygen atoms in total. The molecular weight excluding hydrogens is 247 g/mol. The zero-order valence-corrected chi connectivity index (χ0v) is 9.65. The predicted octanol–water partition coefficient (Wildman–Crippen LogP) is -1.14. The molecule has 0 atom stereocenters. The third-order valence-electron chi connectivity index (χ3n) is 2.27. The summed E-state index contributed by atoms with van der Waals surface area (Å²) in [5.74, 6) is 0.174. The van der Waals surface area contributed by atoms with Gasteiger partial charge in [0.25, 0.3) is 0 Å². The van der Waals surface area contributed by atoms with Crippen molar-refractivity contribution in [3.63, 3.8) is 0 Å². The third kappa shape index (κ3) is 3.15. The van der Waals surface area contributed by atoms with Gasteiger partial charge in [0.1, 0.15) is 11.6 Å². The Balaban J connectivity index is 2.17. The molecule has 0 fully saturated rings. The van der Waals surface area contributed by atoms with E-state index in [0.717, 1.165) is 0 Å². The van der Waals surface area contributed by atoms with E-state index in [-0.39, 0.29) is 11.4 Å². The van der Waals surface area contributed by atoms with Crippen LogP contribution in [0.1, 0.15) is 5.82 Å². The fourth-order valence-electron chi connectivity index (χ4n) is 1.37. The highest BCUT2D eigenvalue weighted by molar-refractivity contribution is 6.58. The summed E-state index contributed by atoms with van der Waals surface area (Å²) in [6, 6.07) is 8.42. The molecule has 1 aromatic carbocycles. The van der Waals surface area contributed by atoms with E-state index in [1.807, 2.05) is 6.07 Å². The summed E-state index contributed by atoms with van der Waals surface area (Å²) in [5.41, 5.74) is 1.14. The lowest BCUT2D eigenvalue weighted by atomic mass is 9.80. The largest absolute Gasteiger partial charge is 0.488 e. The smallest absolute Gasteiger partial charge is 0.423 e. The fourth-order valence-corrected chi connectivity index (χ4v) is 1.37. The van der Waals surface area contributed by atoms with Gasteiger partial charge in [0, 0.05) is 11.9 Å². The van der Waals surface area contributed by atoms with Crippen molar-refractivity contribution in [3.8, 4) is 6.07 Å². The second-order valence-electron chi connectivity index (χ2n) is 3.55. The first-order valence-electron chi connectivity index (χ1n) is 5.27. The second-order valence-corrected chi connectivity index (χ2v) is 3.55. The van der Waals surface area contributed by atoms with Gasteiger partial charge in [-0.2, -0.15) is 10.5 Å². The first kappa shape index (κ1) is 12.8. The number of nitrogens with one attached hydrogen (secondary N) is 2. The molecule has 2 aromatic rings. The summed E-state index contributed by atoms with van der Waals surface area (Å²) in [5, 5.41) is 42.9. The molecule has 9 heteroatoms. The quantitative estimate of drug-likeness (QED) is 0.401. The lowest BCUT2D eigenvalue weighted by Crippen LogP contribution is -2.29.